The molecule has 8 nitrogen and oxygen atoms in total. The lowest BCUT2D eigenvalue weighted by Crippen LogP contribution is -2.50. The van der Waals surface area contributed by atoms with Crippen LogP contribution in [0.4, 0.5) is 10.5 Å². The van der Waals surface area contributed by atoms with Gasteiger partial charge in [0, 0.05) is 36.1 Å². The van der Waals surface area contributed by atoms with E-state index in [4.69, 9.17) is 9.15 Å². The molecule has 2 aromatic carbocycles. The number of sulfonamides is 1. The highest BCUT2D eigenvalue weighted by atomic mass is 32.2. The summed E-state index contributed by atoms with van der Waals surface area (Å²) in [5, 5.41) is 0.539. The van der Waals surface area contributed by atoms with E-state index in [-0.39, 0.29) is 30.6 Å². The summed E-state index contributed by atoms with van der Waals surface area (Å²) >= 11 is 0. The van der Waals surface area contributed by atoms with E-state index in [0.717, 1.165) is 16.8 Å². The first-order valence-electron chi connectivity index (χ1n) is 10.6. The van der Waals surface area contributed by atoms with E-state index in [2.05, 4.69) is 6.58 Å². The van der Waals surface area contributed by atoms with Crippen LogP contribution in [0.15, 0.2) is 69.2 Å². The SMILES string of the molecule is C=Cc1ccc2c(c1)COC(=O)N2C1CCN(S(=O)(=O)c2ccc3oc(=O)ccc3c2)CC1. The third-order valence-electron chi connectivity index (χ3n) is 6.16. The standard InChI is InChI=1S/C24H22N2O6S/c1-2-16-3-6-21-18(13-16)15-31-24(28)26(21)19-9-11-25(12-10-19)33(29,30)20-5-7-22-17(14-20)4-8-23(27)32-22/h2-8,13-14,19H,1,9-12,15H2. The molecule has 1 fully saturated rings. The maximum absolute atomic E-state index is 13.2. The van der Waals surface area contributed by atoms with Crippen molar-refractivity contribution in [3.63, 3.8) is 0 Å². The molecule has 33 heavy (non-hydrogen) atoms. The van der Waals surface area contributed by atoms with Crippen LogP contribution in [0.1, 0.15) is 24.0 Å². The van der Waals surface area contributed by atoms with E-state index >= 15 is 0 Å². The topological polar surface area (TPSA) is 97.1 Å². The van der Waals surface area contributed by atoms with Gasteiger partial charge in [-0.3, -0.25) is 4.90 Å². The maximum atomic E-state index is 13.2. The molecule has 5 rings (SSSR count). The van der Waals surface area contributed by atoms with Crippen molar-refractivity contribution in [2.45, 2.75) is 30.4 Å². The first-order valence-corrected chi connectivity index (χ1v) is 12.1. The molecule has 0 radical (unpaired) electrons. The van der Waals surface area contributed by atoms with Gasteiger partial charge in [0.1, 0.15) is 12.2 Å². The fourth-order valence-electron chi connectivity index (χ4n) is 4.44. The number of anilines is 1. The second-order valence-corrected chi connectivity index (χ2v) is 10.0. The van der Waals surface area contributed by atoms with Gasteiger partial charge in [-0.25, -0.2) is 18.0 Å². The summed E-state index contributed by atoms with van der Waals surface area (Å²) in [6.07, 6.45) is 2.30. The third kappa shape index (κ3) is 3.83. The Bertz CT molecular complexity index is 1420. The fourth-order valence-corrected chi connectivity index (χ4v) is 5.94. The summed E-state index contributed by atoms with van der Waals surface area (Å²) in [5.41, 5.74) is 2.50. The number of rotatable bonds is 4. The molecule has 0 saturated carbocycles. The highest BCUT2D eigenvalue weighted by Crippen LogP contribution is 2.34. The molecule has 1 amide bonds. The predicted molar refractivity (Wildman–Crippen MR) is 123 cm³/mol. The van der Waals surface area contributed by atoms with Crippen molar-refractivity contribution < 1.29 is 22.4 Å². The number of carbonyl (C=O) groups is 1. The minimum atomic E-state index is -3.73. The zero-order valence-electron chi connectivity index (χ0n) is 17.8. The van der Waals surface area contributed by atoms with Crippen molar-refractivity contribution in [3.8, 4) is 0 Å². The molecule has 3 heterocycles. The van der Waals surface area contributed by atoms with Gasteiger partial charge >= 0.3 is 11.7 Å². The molecule has 1 saturated heterocycles. The average Bonchev–Trinajstić information content (AvgIpc) is 2.83. The summed E-state index contributed by atoms with van der Waals surface area (Å²) in [4.78, 5) is 25.7. The summed E-state index contributed by atoms with van der Waals surface area (Å²) < 4.78 is 38.4. The molecule has 0 spiro atoms. The van der Waals surface area contributed by atoms with E-state index in [9.17, 15) is 18.0 Å². The molecule has 0 atom stereocenters. The van der Waals surface area contributed by atoms with Gasteiger partial charge < -0.3 is 9.15 Å². The first-order chi connectivity index (χ1) is 15.9. The molecule has 0 N–H and O–H groups in total. The smallest absolute Gasteiger partial charge is 0.414 e. The molecule has 2 aliphatic rings. The van der Waals surface area contributed by atoms with Crippen molar-refractivity contribution in [1.82, 2.24) is 4.31 Å². The third-order valence-corrected chi connectivity index (χ3v) is 8.06. The number of ether oxygens (including phenoxy) is 1. The van der Waals surface area contributed by atoms with E-state index in [1.54, 1.807) is 17.0 Å². The molecule has 0 bridgehead atoms. The van der Waals surface area contributed by atoms with Crippen molar-refractivity contribution in [1.29, 1.82) is 0 Å². The number of piperidine rings is 1. The lowest BCUT2D eigenvalue weighted by Gasteiger charge is -2.39. The van der Waals surface area contributed by atoms with E-state index in [1.807, 2.05) is 18.2 Å². The quantitative estimate of drug-likeness (QED) is 0.544. The minimum Gasteiger partial charge on any atom is -0.444 e. The summed E-state index contributed by atoms with van der Waals surface area (Å²) in [6.45, 7) is 4.54. The highest BCUT2D eigenvalue weighted by Gasteiger charge is 2.37. The number of amides is 1. The monoisotopic (exact) mass is 466 g/mol. The average molecular weight is 467 g/mol. The summed E-state index contributed by atoms with van der Waals surface area (Å²) in [5.74, 6) is 0. The lowest BCUT2D eigenvalue weighted by molar-refractivity contribution is 0.136. The van der Waals surface area contributed by atoms with E-state index in [1.165, 1.54) is 28.6 Å². The molecule has 1 aromatic heterocycles. The van der Waals surface area contributed by atoms with Gasteiger partial charge in [-0.1, -0.05) is 18.7 Å². The van der Waals surface area contributed by atoms with Gasteiger partial charge in [-0.15, -0.1) is 0 Å². The van der Waals surface area contributed by atoms with Gasteiger partial charge in [-0.2, -0.15) is 4.31 Å². The first kappa shape index (κ1) is 21.4. The van der Waals surface area contributed by atoms with Crippen LogP contribution in [0.2, 0.25) is 0 Å². The molecule has 170 valence electrons. The minimum absolute atomic E-state index is 0.141. The van der Waals surface area contributed by atoms with E-state index < -0.39 is 21.7 Å². The lowest BCUT2D eigenvalue weighted by atomic mass is 10.0. The second kappa shape index (κ2) is 8.17. The number of cyclic esters (lactones) is 1. The van der Waals surface area contributed by atoms with Crippen LogP contribution in [0, 0.1) is 0 Å². The zero-order valence-corrected chi connectivity index (χ0v) is 18.6. The Balaban J connectivity index is 1.36. The maximum Gasteiger partial charge on any atom is 0.414 e. The number of benzene rings is 2. The van der Waals surface area contributed by atoms with Crippen molar-refractivity contribution in [3.05, 3.63) is 76.7 Å². The molecule has 0 aliphatic carbocycles. The fraction of sp³-hybridized carbons (Fsp3) is 0.250. The van der Waals surface area contributed by atoms with Gasteiger partial charge in [-0.05, 0) is 54.8 Å². The second-order valence-electron chi connectivity index (χ2n) is 8.11. The van der Waals surface area contributed by atoms with Crippen LogP contribution in [0.3, 0.4) is 0 Å². The van der Waals surface area contributed by atoms with Crippen molar-refractivity contribution in [2.24, 2.45) is 0 Å². The Hall–Kier alpha value is -3.43. The Morgan fingerprint density at radius 2 is 1.79 bits per heavy atom. The largest absolute Gasteiger partial charge is 0.444 e. The van der Waals surface area contributed by atoms with Crippen LogP contribution in [-0.4, -0.2) is 37.9 Å². The molecule has 9 heteroatoms. The number of carbonyl (C=O) groups excluding carboxylic acids is 1. The van der Waals surface area contributed by atoms with Crippen LogP contribution in [0.25, 0.3) is 17.0 Å². The molecule has 0 unspecified atom stereocenters. The molecule has 3 aromatic rings. The molecular formula is C24H22N2O6S. The Labute approximate surface area is 190 Å². The van der Waals surface area contributed by atoms with Crippen LogP contribution >= 0.6 is 0 Å². The van der Waals surface area contributed by atoms with Crippen LogP contribution in [-0.2, 0) is 21.4 Å². The number of fused-ring (bicyclic) bond motifs is 2. The zero-order chi connectivity index (χ0) is 23.2. The van der Waals surface area contributed by atoms with Crippen molar-refractivity contribution in [2.75, 3.05) is 18.0 Å². The number of hydrogen-bond donors (Lipinski definition) is 0. The van der Waals surface area contributed by atoms with Crippen molar-refractivity contribution >= 4 is 38.8 Å². The van der Waals surface area contributed by atoms with Gasteiger partial charge in [0.05, 0.1) is 10.6 Å². The van der Waals surface area contributed by atoms with Crippen LogP contribution < -0.4 is 10.5 Å². The van der Waals surface area contributed by atoms with Gasteiger partial charge in [0.2, 0.25) is 10.0 Å². The predicted octanol–water partition coefficient (Wildman–Crippen LogP) is 3.75. The normalized spacial score (nSPS) is 17.6. The molecule has 2 aliphatic heterocycles. The Morgan fingerprint density at radius 3 is 2.55 bits per heavy atom. The number of hydrogen-bond acceptors (Lipinski definition) is 6. The van der Waals surface area contributed by atoms with Gasteiger partial charge in [0.15, 0.2) is 0 Å². The Morgan fingerprint density at radius 1 is 1.00 bits per heavy atom. The van der Waals surface area contributed by atoms with E-state index in [0.29, 0.717) is 23.8 Å². The molecular weight excluding hydrogens is 444 g/mol. The highest BCUT2D eigenvalue weighted by molar-refractivity contribution is 7.89. The van der Waals surface area contributed by atoms with Gasteiger partial charge in [0.25, 0.3) is 0 Å². The number of nitrogens with zero attached hydrogens (tertiary/aromatic N) is 2. The Kier molecular flexibility index (Phi) is 5.30. The summed E-state index contributed by atoms with van der Waals surface area (Å²) in [6, 6.07) is 12.8. The summed E-state index contributed by atoms with van der Waals surface area (Å²) in [7, 11) is -3.73. The van der Waals surface area contributed by atoms with Crippen LogP contribution in [0.5, 0.6) is 0 Å².